The summed E-state index contributed by atoms with van der Waals surface area (Å²) in [7, 11) is 0. The summed E-state index contributed by atoms with van der Waals surface area (Å²) in [4.78, 5) is 34.4. The van der Waals surface area contributed by atoms with E-state index in [-0.39, 0.29) is 6.61 Å². The van der Waals surface area contributed by atoms with Crippen molar-refractivity contribution < 1.29 is 24.8 Å². The predicted molar refractivity (Wildman–Crippen MR) is 258 cm³/mol. The number of hydrogen-bond acceptors (Lipinski definition) is 16. The van der Waals surface area contributed by atoms with Gasteiger partial charge in [0.15, 0.2) is 0 Å². The Balaban J connectivity index is 0.000000175. The number of H-pyrrole nitrogens is 1. The Labute approximate surface area is 391 Å². The number of halogens is 1. The molecular formula is C44H39B2ClN8O5S4. The van der Waals surface area contributed by atoms with E-state index in [4.69, 9.17) is 26.2 Å². The molecule has 0 spiro atoms. The molecule has 10 rings (SSSR count). The molecule has 6 bridgehead atoms. The van der Waals surface area contributed by atoms with Gasteiger partial charge in [-0.05, 0) is 0 Å². The molecule has 2 aromatic carbocycles. The summed E-state index contributed by atoms with van der Waals surface area (Å²) in [5.41, 5.74) is 4.04. The number of rotatable bonds is 9. The van der Waals surface area contributed by atoms with Crippen LogP contribution in [0.15, 0.2) is 139 Å². The van der Waals surface area contributed by atoms with Crippen molar-refractivity contribution in [2.75, 3.05) is 6.61 Å². The van der Waals surface area contributed by atoms with Crippen LogP contribution in [0.4, 0.5) is 11.6 Å². The van der Waals surface area contributed by atoms with Crippen LogP contribution in [-0.2, 0) is 6.42 Å². The Bertz CT molecular complexity index is 2900. The van der Waals surface area contributed by atoms with E-state index in [9.17, 15) is 10.2 Å². The number of nitrogens with one attached hydrogen (secondary N) is 2. The van der Waals surface area contributed by atoms with Gasteiger partial charge >= 0.3 is 394 Å². The fourth-order valence-electron chi connectivity index (χ4n) is 6.21. The molecule has 13 nitrogen and oxygen atoms in total. The number of aliphatic hydroxyl groups excluding tert-OH is 3. The number of hydrogen-bond donors (Lipinski definition) is 5. The monoisotopic (exact) mass is 944 g/mol. The number of nitrogens with zero attached hydrogens (tertiary/aromatic N) is 6. The van der Waals surface area contributed by atoms with Gasteiger partial charge in [-0.2, -0.15) is 0 Å². The average Bonchev–Trinajstić information content (AvgIpc) is 3.97. The third-order valence-corrected chi connectivity index (χ3v) is 13.2. The Morgan fingerprint density at radius 2 is 1.66 bits per heavy atom. The number of ether oxygens (including phenoxy) is 2. The Kier molecular flexibility index (Phi) is 15.4. The summed E-state index contributed by atoms with van der Waals surface area (Å²) in [5.74, 6) is 3.11. The summed E-state index contributed by atoms with van der Waals surface area (Å²) < 4.78 is 12.3. The molecule has 64 heavy (non-hydrogen) atoms. The number of aromatic amines is 1. The number of fused-ring (bicyclic) bond motifs is 5. The Hall–Kier alpha value is -5.11. The number of pyridine rings is 4. The van der Waals surface area contributed by atoms with Crippen molar-refractivity contribution in [2.24, 2.45) is 9.98 Å². The van der Waals surface area contributed by atoms with Crippen molar-refractivity contribution in [1.29, 1.82) is 0 Å². The van der Waals surface area contributed by atoms with Crippen LogP contribution in [0, 0.1) is 13.8 Å². The number of aromatic nitrogens is 5. The van der Waals surface area contributed by atoms with Gasteiger partial charge in [-0.15, -0.1) is 0 Å². The van der Waals surface area contributed by atoms with Gasteiger partial charge in [0.25, 0.3) is 0 Å². The number of aryl methyl sites for hydroxylation is 3. The quantitative estimate of drug-likeness (QED) is 0.0867. The van der Waals surface area contributed by atoms with E-state index < -0.39 is 12.2 Å². The van der Waals surface area contributed by atoms with Gasteiger partial charge in [-0.3, -0.25) is 0 Å². The number of amidine groups is 1. The normalized spacial score (nSPS) is 16.0. The maximum absolute atomic E-state index is 10.6. The van der Waals surface area contributed by atoms with Crippen LogP contribution in [0.25, 0.3) is 0 Å². The third-order valence-electron chi connectivity index (χ3n) is 9.48. The van der Waals surface area contributed by atoms with E-state index in [2.05, 4.69) is 64.5 Å². The van der Waals surface area contributed by atoms with Gasteiger partial charge in [-0.25, -0.2) is 0 Å². The average molecular weight is 945 g/mol. The molecule has 5 aromatic heterocycles. The SMILES string of the molecule is Cc1ncccc1Oc1cc(Sc2cccc(Cl)c2)cnc1/N=c1/[nH]c(C(O)CO)bs1.Cc1ncccc1Oc1cc2cnc1/N=C1/NC(=BS1)C(O)CCCc1cccc(c1)S2. The molecule has 0 saturated heterocycles. The Morgan fingerprint density at radius 1 is 0.875 bits per heavy atom. The van der Waals surface area contributed by atoms with E-state index in [1.165, 1.54) is 40.1 Å². The van der Waals surface area contributed by atoms with Gasteiger partial charge in [0.2, 0.25) is 0 Å². The Morgan fingerprint density at radius 3 is 2.42 bits per heavy atom. The zero-order chi connectivity index (χ0) is 44.4. The third kappa shape index (κ3) is 12.2. The first kappa shape index (κ1) is 45.5. The molecular weight excluding hydrogens is 906 g/mol. The van der Waals surface area contributed by atoms with Crippen LogP contribution in [0.1, 0.15) is 41.5 Å². The van der Waals surface area contributed by atoms with Crippen LogP contribution in [0.5, 0.6) is 23.0 Å². The molecule has 0 radical (unpaired) electrons. The fourth-order valence-corrected chi connectivity index (χ4v) is 9.78. The standard InChI is InChI=1S/C23H21BN4O2S2.C21H18BClN4O3S2/c1-14-19(9-4-10-25-14)30-20-12-17-13-26-22(20)28-23-27-21(24-32-23)18(29)8-3-6-15-5-2-7-16(11-15)31-17;1-12-17(6-3-7-24-12)30-18-9-15(31-14-5-2-4-13(23)8-14)10-25-20(18)27-21-26-19(22-32-21)16(29)11-28/h2,4-5,7,9-13,18,29H,3,6,8H2,1H3,(H,26,27,28);2-10,16,28-29H,11H2,1H3,(H,25,26,27). The minimum atomic E-state index is -0.992. The van der Waals surface area contributed by atoms with Crippen molar-refractivity contribution in [3.8, 4) is 23.0 Å². The topological polar surface area (TPSA) is 183 Å². The molecule has 0 saturated carbocycles. The molecule has 3 aliphatic heterocycles. The first-order valence-electron chi connectivity index (χ1n) is 20.0. The molecule has 0 aliphatic carbocycles. The second kappa shape index (κ2) is 21.7. The molecule has 5 N–H and O–H groups in total. The minimum absolute atomic E-state index is 0.367. The summed E-state index contributed by atoms with van der Waals surface area (Å²) in [5, 5.41) is 34.1. The van der Waals surface area contributed by atoms with Crippen LogP contribution < -0.4 is 19.6 Å². The van der Waals surface area contributed by atoms with Crippen LogP contribution in [0.2, 0.25) is 5.02 Å². The van der Waals surface area contributed by atoms with Gasteiger partial charge < -0.3 is 0 Å². The van der Waals surface area contributed by atoms with Gasteiger partial charge in [0.1, 0.15) is 0 Å². The molecule has 8 heterocycles. The first-order valence-corrected chi connectivity index (χ1v) is 23.7. The van der Waals surface area contributed by atoms with E-state index in [0.717, 1.165) is 49.4 Å². The van der Waals surface area contributed by atoms with Crippen molar-refractivity contribution in [3.63, 3.8) is 0 Å². The van der Waals surface area contributed by atoms with Crippen molar-refractivity contribution in [2.45, 2.75) is 64.9 Å². The van der Waals surface area contributed by atoms with Crippen molar-refractivity contribution >= 4 is 92.7 Å². The summed E-state index contributed by atoms with van der Waals surface area (Å²) in [6, 6.07) is 27.2. The molecule has 3 aliphatic rings. The molecule has 0 fully saturated rings. The number of aliphatic imine (C=N–C) groups is 1. The van der Waals surface area contributed by atoms with Crippen molar-refractivity contribution in [3.05, 3.63) is 142 Å². The zero-order valence-electron chi connectivity index (χ0n) is 34.4. The predicted octanol–water partition coefficient (Wildman–Crippen LogP) is 8.87. The van der Waals surface area contributed by atoms with E-state index in [1.54, 1.807) is 42.6 Å². The fraction of sp³-hybridized carbons (Fsp3) is 0.182. The summed E-state index contributed by atoms with van der Waals surface area (Å²) in [6.45, 7) is 3.39. The van der Waals surface area contributed by atoms with E-state index in [0.29, 0.717) is 61.6 Å². The van der Waals surface area contributed by atoms with Gasteiger partial charge in [-0.1, -0.05) is 0 Å². The molecule has 7 aromatic rings. The summed E-state index contributed by atoms with van der Waals surface area (Å²) in [6.07, 6.45) is 11.5. The van der Waals surface area contributed by atoms with Crippen LogP contribution >= 0.6 is 57.9 Å². The second-order valence-corrected chi connectivity index (χ2v) is 18.7. The van der Waals surface area contributed by atoms with E-state index in [1.807, 2.05) is 80.8 Å². The van der Waals surface area contributed by atoms with Gasteiger partial charge in [0.05, 0.1) is 0 Å². The molecule has 2 atom stereocenters. The first-order chi connectivity index (χ1) is 31.1. The van der Waals surface area contributed by atoms with Crippen LogP contribution in [0.3, 0.4) is 0 Å². The zero-order valence-corrected chi connectivity index (χ0v) is 38.4. The molecule has 20 heteroatoms. The second-order valence-electron chi connectivity index (χ2n) is 14.2. The molecule has 0 amide bonds. The van der Waals surface area contributed by atoms with Crippen LogP contribution in [-0.4, -0.2) is 76.1 Å². The van der Waals surface area contributed by atoms with E-state index >= 15 is 0 Å². The maximum atomic E-state index is 10.6. The van der Waals surface area contributed by atoms with Crippen molar-refractivity contribution in [1.82, 2.24) is 30.2 Å². The molecule has 322 valence electrons. The molecule has 2 unspecified atom stereocenters. The summed E-state index contributed by atoms with van der Waals surface area (Å²) >= 11 is 12.0. The number of benzene rings is 2. The number of aliphatic hydroxyl groups is 3. The van der Waals surface area contributed by atoms with Gasteiger partial charge in [0, 0.05) is 0 Å².